The predicted molar refractivity (Wildman–Crippen MR) is 122 cm³/mol. The van der Waals surface area contributed by atoms with Crippen LogP contribution in [0.1, 0.15) is 58.8 Å². The summed E-state index contributed by atoms with van der Waals surface area (Å²) in [7, 11) is 0. The predicted octanol–water partition coefficient (Wildman–Crippen LogP) is 6.24. The number of unbranched alkanes of at least 4 members (excludes halogenated alkanes) is 4. The van der Waals surface area contributed by atoms with Gasteiger partial charge in [-0.1, -0.05) is 45.3 Å². The van der Waals surface area contributed by atoms with Gasteiger partial charge in [0.1, 0.15) is 12.4 Å². The van der Waals surface area contributed by atoms with E-state index in [2.05, 4.69) is 29.9 Å². The summed E-state index contributed by atoms with van der Waals surface area (Å²) < 4.78 is 17.0. The number of ether oxygens (including phenoxy) is 3. The molecule has 0 atom stereocenters. The molecule has 0 N–H and O–H groups in total. The van der Waals surface area contributed by atoms with Crippen LogP contribution in [0.4, 0.5) is 0 Å². The molecule has 0 unspecified atom stereocenters. The monoisotopic (exact) mass is 412 g/mol. The second kappa shape index (κ2) is 15.4. The number of hydrogen-bond acceptors (Lipinski definition) is 5. The Morgan fingerprint density at radius 3 is 2.17 bits per heavy atom. The first-order valence-electron chi connectivity index (χ1n) is 11.2. The van der Waals surface area contributed by atoms with E-state index < -0.39 is 0 Å². The van der Waals surface area contributed by atoms with Crippen LogP contribution in [0.5, 0.6) is 11.5 Å². The summed E-state index contributed by atoms with van der Waals surface area (Å²) in [5.74, 6) is 2.22. The SMILES string of the molecule is CCCCC=CCOc1cnc(-c2ccc(OCCCCOCCCC)cc2)nc1. The molecule has 0 aliphatic carbocycles. The normalized spacial score (nSPS) is 11.1. The molecule has 0 aliphatic rings. The van der Waals surface area contributed by atoms with Crippen molar-refractivity contribution in [1.29, 1.82) is 0 Å². The van der Waals surface area contributed by atoms with Gasteiger partial charge in [0.15, 0.2) is 11.6 Å². The second-order valence-electron chi connectivity index (χ2n) is 7.21. The van der Waals surface area contributed by atoms with Crippen molar-refractivity contribution < 1.29 is 14.2 Å². The average molecular weight is 413 g/mol. The molecule has 1 heterocycles. The van der Waals surface area contributed by atoms with Crippen molar-refractivity contribution in [3.63, 3.8) is 0 Å². The first-order valence-corrected chi connectivity index (χ1v) is 11.2. The number of hydrogen-bond donors (Lipinski definition) is 0. The molecule has 0 fully saturated rings. The summed E-state index contributed by atoms with van der Waals surface area (Å²) in [6.45, 7) is 7.29. The minimum Gasteiger partial charge on any atom is -0.494 e. The van der Waals surface area contributed by atoms with Crippen molar-refractivity contribution in [2.45, 2.75) is 58.8 Å². The lowest BCUT2D eigenvalue weighted by Crippen LogP contribution is -2.01. The topological polar surface area (TPSA) is 53.5 Å². The molecule has 0 aliphatic heterocycles. The Kier molecular flexibility index (Phi) is 12.3. The van der Waals surface area contributed by atoms with Gasteiger partial charge in [-0.15, -0.1) is 0 Å². The van der Waals surface area contributed by atoms with Crippen molar-refractivity contribution in [2.24, 2.45) is 0 Å². The van der Waals surface area contributed by atoms with Gasteiger partial charge >= 0.3 is 0 Å². The molecule has 0 spiro atoms. The maximum atomic E-state index is 5.80. The summed E-state index contributed by atoms with van der Waals surface area (Å²) in [4.78, 5) is 8.82. The molecule has 30 heavy (non-hydrogen) atoms. The Hall–Kier alpha value is -2.40. The Labute approximate surface area is 181 Å². The summed E-state index contributed by atoms with van der Waals surface area (Å²) in [5.41, 5.74) is 0.956. The molecule has 2 rings (SSSR count). The highest BCUT2D eigenvalue weighted by atomic mass is 16.5. The van der Waals surface area contributed by atoms with Crippen LogP contribution in [0.2, 0.25) is 0 Å². The molecule has 5 heteroatoms. The van der Waals surface area contributed by atoms with E-state index in [0.717, 1.165) is 50.2 Å². The first-order chi connectivity index (χ1) is 14.8. The van der Waals surface area contributed by atoms with Gasteiger partial charge in [-0.05, 0) is 49.9 Å². The summed E-state index contributed by atoms with van der Waals surface area (Å²) in [5, 5.41) is 0. The van der Waals surface area contributed by atoms with E-state index in [1.807, 2.05) is 30.3 Å². The smallest absolute Gasteiger partial charge is 0.159 e. The molecule has 0 saturated carbocycles. The van der Waals surface area contributed by atoms with E-state index in [1.165, 1.54) is 19.3 Å². The van der Waals surface area contributed by atoms with Gasteiger partial charge in [-0.3, -0.25) is 0 Å². The zero-order chi connectivity index (χ0) is 21.3. The van der Waals surface area contributed by atoms with E-state index in [4.69, 9.17) is 14.2 Å². The van der Waals surface area contributed by atoms with Crippen molar-refractivity contribution in [2.75, 3.05) is 26.4 Å². The Morgan fingerprint density at radius 1 is 0.733 bits per heavy atom. The lowest BCUT2D eigenvalue weighted by Gasteiger charge is -2.08. The molecule has 2 aromatic rings. The van der Waals surface area contributed by atoms with Gasteiger partial charge in [0.2, 0.25) is 0 Å². The highest BCUT2D eigenvalue weighted by Crippen LogP contribution is 2.20. The number of aromatic nitrogens is 2. The highest BCUT2D eigenvalue weighted by Gasteiger charge is 2.03. The van der Waals surface area contributed by atoms with Crippen molar-refractivity contribution in [3.8, 4) is 22.9 Å². The zero-order valence-corrected chi connectivity index (χ0v) is 18.5. The van der Waals surface area contributed by atoms with Crippen LogP contribution < -0.4 is 9.47 Å². The van der Waals surface area contributed by atoms with Gasteiger partial charge in [0, 0.05) is 18.8 Å². The van der Waals surface area contributed by atoms with Crippen LogP contribution in [0, 0.1) is 0 Å². The fraction of sp³-hybridized carbons (Fsp3) is 0.520. The third-order valence-corrected chi connectivity index (χ3v) is 4.57. The minimum absolute atomic E-state index is 0.545. The third-order valence-electron chi connectivity index (χ3n) is 4.57. The molecule has 164 valence electrons. The molecule has 0 saturated heterocycles. The van der Waals surface area contributed by atoms with Crippen LogP contribution in [-0.4, -0.2) is 36.4 Å². The quantitative estimate of drug-likeness (QED) is 0.241. The van der Waals surface area contributed by atoms with Gasteiger partial charge in [-0.25, -0.2) is 9.97 Å². The standard InChI is InChI=1S/C25H36N2O3/c1-3-5-7-8-9-18-30-24-20-26-25(27-21-24)22-12-14-23(15-13-22)29-19-11-10-17-28-16-6-4-2/h8-9,12-15,20-21H,3-7,10-11,16-19H2,1-2H3. The zero-order valence-electron chi connectivity index (χ0n) is 18.5. The van der Waals surface area contributed by atoms with Crippen LogP contribution >= 0.6 is 0 Å². The molecule has 0 radical (unpaired) electrons. The molecule has 1 aromatic carbocycles. The lowest BCUT2D eigenvalue weighted by molar-refractivity contribution is 0.123. The molecular formula is C25H36N2O3. The average Bonchev–Trinajstić information content (AvgIpc) is 2.79. The van der Waals surface area contributed by atoms with Gasteiger partial charge in [0.25, 0.3) is 0 Å². The molecule has 5 nitrogen and oxygen atoms in total. The Morgan fingerprint density at radius 2 is 1.43 bits per heavy atom. The summed E-state index contributed by atoms with van der Waals surface area (Å²) in [6.07, 6.45) is 15.5. The van der Waals surface area contributed by atoms with Crippen LogP contribution in [-0.2, 0) is 4.74 Å². The number of nitrogens with zero attached hydrogens (tertiary/aromatic N) is 2. The van der Waals surface area contributed by atoms with E-state index in [1.54, 1.807) is 12.4 Å². The highest BCUT2D eigenvalue weighted by molar-refractivity contribution is 5.56. The van der Waals surface area contributed by atoms with Crippen LogP contribution in [0.25, 0.3) is 11.4 Å². The van der Waals surface area contributed by atoms with E-state index in [0.29, 0.717) is 24.8 Å². The van der Waals surface area contributed by atoms with Crippen LogP contribution in [0.3, 0.4) is 0 Å². The van der Waals surface area contributed by atoms with E-state index in [-0.39, 0.29) is 0 Å². The molecular weight excluding hydrogens is 376 g/mol. The second-order valence-corrected chi connectivity index (χ2v) is 7.21. The third kappa shape index (κ3) is 9.88. The lowest BCUT2D eigenvalue weighted by atomic mass is 10.2. The summed E-state index contributed by atoms with van der Waals surface area (Å²) in [6, 6.07) is 7.88. The fourth-order valence-electron chi connectivity index (χ4n) is 2.74. The Balaban J connectivity index is 1.68. The van der Waals surface area contributed by atoms with Gasteiger partial charge in [0.05, 0.1) is 19.0 Å². The fourth-order valence-corrected chi connectivity index (χ4v) is 2.74. The number of rotatable bonds is 16. The van der Waals surface area contributed by atoms with E-state index in [9.17, 15) is 0 Å². The van der Waals surface area contributed by atoms with Gasteiger partial charge in [-0.2, -0.15) is 0 Å². The maximum absolute atomic E-state index is 5.80. The molecule has 0 bridgehead atoms. The van der Waals surface area contributed by atoms with Gasteiger partial charge < -0.3 is 14.2 Å². The number of benzene rings is 1. The largest absolute Gasteiger partial charge is 0.494 e. The van der Waals surface area contributed by atoms with Crippen molar-refractivity contribution >= 4 is 0 Å². The van der Waals surface area contributed by atoms with E-state index >= 15 is 0 Å². The molecule has 1 aromatic heterocycles. The minimum atomic E-state index is 0.545. The van der Waals surface area contributed by atoms with Crippen LogP contribution in [0.15, 0.2) is 48.8 Å². The maximum Gasteiger partial charge on any atom is 0.159 e. The summed E-state index contributed by atoms with van der Waals surface area (Å²) >= 11 is 0. The molecule has 0 amide bonds. The Bertz CT molecular complexity index is 699. The first kappa shape index (κ1) is 23.9. The number of allylic oxidation sites excluding steroid dienone is 1. The van der Waals surface area contributed by atoms with Crippen molar-refractivity contribution in [3.05, 3.63) is 48.8 Å². The van der Waals surface area contributed by atoms with Crippen molar-refractivity contribution in [1.82, 2.24) is 9.97 Å².